The summed E-state index contributed by atoms with van der Waals surface area (Å²) in [6, 6.07) is 13.1. The Labute approximate surface area is 126 Å². The van der Waals surface area contributed by atoms with Gasteiger partial charge in [0.1, 0.15) is 11.6 Å². The van der Waals surface area contributed by atoms with Crippen LogP contribution in [-0.2, 0) is 6.42 Å². The molecule has 2 aromatic rings. The molecule has 0 heterocycles. The van der Waals surface area contributed by atoms with E-state index in [2.05, 4.69) is 24.4 Å². The third-order valence-electron chi connectivity index (χ3n) is 3.67. The number of hydrogen-bond donors (Lipinski definition) is 1. The Morgan fingerprint density at radius 2 is 1.86 bits per heavy atom. The number of halogens is 1. The van der Waals surface area contributed by atoms with Gasteiger partial charge in [0.2, 0.25) is 0 Å². The SMILES string of the molecule is CCNC(c1ccc(OC)cc1F)c1ccccc1CC. The Bertz CT molecular complexity index is 598. The van der Waals surface area contributed by atoms with Crippen LogP contribution in [0.25, 0.3) is 0 Å². The third-order valence-corrected chi connectivity index (χ3v) is 3.67. The molecular formula is C18H22FNO. The molecule has 0 radical (unpaired) electrons. The van der Waals surface area contributed by atoms with Gasteiger partial charge in [-0.1, -0.05) is 44.2 Å². The van der Waals surface area contributed by atoms with Crippen LogP contribution in [0.4, 0.5) is 4.39 Å². The van der Waals surface area contributed by atoms with Crippen molar-refractivity contribution in [2.75, 3.05) is 13.7 Å². The first-order valence-electron chi connectivity index (χ1n) is 7.35. The summed E-state index contributed by atoms with van der Waals surface area (Å²) in [5, 5.41) is 3.39. The fourth-order valence-electron chi connectivity index (χ4n) is 2.60. The van der Waals surface area contributed by atoms with E-state index in [-0.39, 0.29) is 11.9 Å². The Morgan fingerprint density at radius 3 is 2.48 bits per heavy atom. The highest BCUT2D eigenvalue weighted by molar-refractivity contribution is 5.40. The van der Waals surface area contributed by atoms with Crippen molar-refractivity contribution in [2.45, 2.75) is 26.3 Å². The second-order valence-electron chi connectivity index (χ2n) is 4.93. The van der Waals surface area contributed by atoms with Crippen molar-refractivity contribution in [3.63, 3.8) is 0 Å². The van der Waals surface area contributed by atoms with E-state index >= 15 is 0 Å². The second-order valence-corrected chi connectivity index (χ2v) is 4.93. The summed E-state index contributed by atoms with van der Waals surface area (Å²) in [5.74, 6) is 0.293. The van der Waals surface area contributed by atoms with Gasteiger partial charge >= 0.3 is 0 Å². The number of nitrogens with one attached hydrogen (secondary N) is 1. The van der Waals surface area contributed by atoms with E-state index in [1.807, 2.05) is 19.1 Å². The molecule has 0 amide bonds. The minimum Gasteiger partial charge on any atom is -0.497 e. The van der Waals surface area contributed by atoms with E-state index in [1.165, 1.54) is 11.6 Å². The maximum atomic E-state index is 14.4. The molecule has 2 nitrogen and oxygen atoms in total. The first-order chi connectivity index (χ1) is 10.2. The van der Waals surface area contributed by atoms with E-state index in [9.17, 15) is 4.39 Å². The fraction of sp³-hybridized carbons (Fsp3) is 0.333. The van der Waals surface area contributed by atoms with E-state index < -0.39 is 0 Å². The molecule has 1 atom stereocenters. The monoisotopic (exact) mass is 287 g/mol. The smallest absolute Gasteiger partial charge is 0.132 e. The van der Waals surface area contributed by atoms with E-state index in [0.29, 0.717) is 11.3 Å². The zero-order chi connectivity index (χ0) is 15.2. The van der Waals surface area contributed by atoms with Crippen molar-refractivity contribution in [3.8, 4) is 5.75 Å². The van der Waals surface area contributed by atoms with Crippen LogP contribution in [0.15, 0.2) is 42.5 Å². The molecule has 0 saturated carbocycles. The Balaban J connectivity index is 2.48. The molecule has 21 heavy (non-hydrogen) atoms. The lowest BCUT2D eigenvalue weighted by Gasteiger charge is -2.22. The molecule has 0 aliphatic carbocycles. The summed E-state index contributed by atoms with van der Waals surface area (Å²) >= 11 is 0. The van der Waals surface area contributed by atoms with Crippen LogP contribution in [0, 0.1) is 5.82 Å². The molecule has 0 aliphatic rings. The summed E-state index contributed by atoms with van der Waals surface area (Å²) in [6.07, 6.45) is 0.926. The van der Waals surface area contributed by atoms with E-state index in [4.69, 9.17) is 4.74 Å². The molecule has 1 N–H and O–H groups in total. The zero-order valence-corrected chi connectivity index (χ0v) is 12.8. The molecule has 112 valence electrons. The maximum absolute atomic E-state index is 14.4. The van der Waals surface area contributed by atoms with Gasteiger partial charge in [-0.3, -0.25) is 0 Å². The van der Waals surface area contributed by atoms with Crippen LogP contribution in [0.5, 0.6) is 5.75 Å². The van der Waals surface area contributed by atoms with Crippen LogP contribution in [0.1, 0.15) is 36.6 Å². The van der Waals surface area contributed by atoms with Crippen LogP contribution in [-0.4, -0.2) is 13.7 Å². The molecule has 3 heteroatoms. The summed E-state index contributed by atoms with van der Waals surface area (Å²) in [4.78, 5) is 0. The molecule has 0 fully saturated rings. The third kappa shape index (κ3) is 3.42. The van der Waals surface area contributed by atoms with Gasteiger partial charge in [-0.15, -0.1) is 0 Å². The highest BCUT2D eigenvalue weighted by Crippen LogP contribution is 2.29. The number of rotatable bonds is 6. The number of aryl methyl sites for hydroxylation is 1. The van der Waals surface area contributed by atoms with Crippen molar-refractivity contribution in [2.24, 2.45) is 0 Å². The first kappa shape index (κ1) is 15.5. The number of methoxy groups -OCH3 is 1. The van der Waals surface area contributed by atoms with Crippen molar-refractivity contribution in [1.29, 1.82) is 0 Å². The standard InChI is InChI=1S/C18H22FNO/c1-4-13-8-6-7-9-15(13)18(20-5-2)16-11-10-14(21-3)12-17(16)19/h6-12,18,20H,4-5H2,1-3H3. The van der Waals surface area contributed by atoms with Crippen molar-refractivity contribution < 1.29 is 9.13 Å². The van der Waals surface area contributed by atoms with Gasteiger partial charge in [0.05, 0.1) is 13.2 Å². The molecule has 0 spiro atoms. The van der Waals surface area contributed by atoms with Gasteiger partial charge in [-0.25, -0.2) is 4.39 Å². The predicted molar refractivity (Wildman–Crippen MR) is 84.3 cm³/mol. The largest absolute Gasteiger partial charge is 0.497 e. The Kier molecular flexibility index (Phi) is 5.34. The Morgan fingerprint density at radius 1 is 1.10 bits per heavy atom. The maximum Gasteiger partial charge on any atom is 0.132 e. The average Bonchev–Trinajstić information content (AvgIpc) is 2.53. The van der Waals surface area contributed by atoms with Gasteiger partial charge in [-0.05, 0) is 30.2 Å². The lowest BCUT2D eigenvalue weighted by Crippen LogP contribution is -2.24. The van der Waals surface area contributed by atoms with Crippen LogP contribution < -0.4 is 10.1 Å². The molecule has 0 aliphatic heterocycles. The average molecular weight is 287 g/mol. The lowest BCUT2D eigenvalue weighted by atomic mass is 9.93. The van der Waals surface area contributed by atoms with Crippen LogP contribution in [0.2, 0.25) is 0 Å². The molecule has 1 unspecified atom stereocenters. The number of benzene rings is 2. The summed E-state index contributed by atoms with van der Waals surface area (Å²) < 4.78 is 19.5. The van der Waals surface area contributed by atoms with Crippen molar-refractivity contribution in [3.05, 3.63) is 65.0 Å². The highest BCUT2D eigenvalue weighted by atomic mass is 19.1. The van der Waals surface area contributed by atoms with Crippen LogP contribution >= 0.6 is 0 Å². The molecule has 2 aromatic carbocycles. The molecule has 2 rings (SSSR count). The zero-order valence-electron chi connectivity index (χ0n) is 12.8. The topological polar surface area (TPSA) is 21.3 Å². The first-order valence-corrected chi connectivity index (χ1v) is 7.35. The quantitative estimate of drug-likeness (QED) is 0.864. The fourth-order valence-corrected chi connectivity index (χ4v) is 2.60. The molecule has 0 saturated heterocycles. The molecule has 0 bridgehead atoms. The molecular weight excluding hydrogens is 265 g/mol. The second kappa shape index (κ2) is 7.23. The summed E-state index contributed by atoms with van der Waals surface area (Å²) in [6.45, 7) is 4.92. The predicted octanol–water partition coefficient (Wildman–Crippen LogP) is 4.10. The number of hydrogen-bond acceptors (Lipinski definition) is 2. The van der Waals surface area contributed by atoms with Gasteiger partial charge in [0.15, 0.2) is 0 Å². The van der Waals surface area contributed by atoms with Gasteiger partial charge in [0, 0.05) is 11.6 Å². The summed E-state index contributed by atoms with van der Waals surface area (Å²) in [5.41, 5.74) is 3.02. The minimum atomic E-state index is -0.244. The van der Waals surface area contributed by atoms with Gasteiger partial charge < -0.3 is 10.1 Å². The lowest BCUT2D eigenvalue weighted by molar-refractivity contribution is 0.410. The van der Waals surface area contributed by atoms with Crippen LogP contribution in [0.3, 0.4) is 0 Å². The minimum absolute atomic E-state index is 0.142. The number of ether oxygens (including phenoxy) is 1. The van der Waals surface area contributed by atoms with Gasteiger partial charge in [-0.2, -0.15) is 0 Å². The summed E-state index contributed by atoms with van der Waals surface area (Å²) in [7, 11) is 1.54. The van der Waals surface area contributed by atoms with Crippen molar-refractivity contribution in [1.82, 2.24) is 5.32 Å². The normalized spacial score (nSPS) is 12.2. The van der Waals surface area contributed by atoms with E-state index in [0.717, 1.165) is 18.5 Å². The van der Waals surface area contributed by atoms with E-state index in [1.54, 1.807) is 19.2 Å². The molecule has 0 aromatic heterocycles. The highest BCUT2D eigenvalue weighted by Gasteiger charge is 2.19. The van der Waals surface area contributed by atoms with Crippen molar-refractivity contribution >= 4 is 0 Å². The Hall–Kier alpha value is -1.87. The van der Waals surface area contributed by atoms with Gasteiger partial charge in [0.25, 0.3) is 0 Å².